The molecule has 0 amide bonds. The maximum absolute atomic E-state index is 11.7. The predicted molar refractivity (Wildman–Crippen MR) is 97.5 cm³/mol. The number of hydrogen-bond acceptors (Lipinski definition) is 4. The quantitative estimate of drug-likeness (QED) is 0.588. The number of nitrogens with zero attached hydrogens (tertiary/aromatic N) is 2. The normalized spacial score (nSPS) is 12.8. The minimum atomic E-state index is -1.08. The first-order valence-electron chi connectivity index (χ1n) is 7.58. The van der Waals surface area contributed by atoms with E-state index in [0.717, 1.165) is 27.6 Å². The molecule has 2 aromatic carbocycles. The number of aryl methyl sites for hydroxylation is 1. The molecule has 1 unspecified atom stereocenters. The second-order valence-electron chi connectivity index (χ2n) is 5.78. The van der Waals surface area contributed by atoms with Crippen molar-refractivity contribution in [1.29, 1.82) is 0 Å². The van der Waals surface area contributed by atoms with Crippen LogP contribution in [0.2, 0.25) is 0 Å². The SMILES string of the molecule is COc1cc(S(C)=O)ccc1-c1nc2cc3c(cc2[nH]1)[nH]c(=O)n3C. The summed E-state index contributed by atoms with van der Waals surface area (Å²) in [5.41, 5.74) is 3.73. The number of methoxy groups -OCH3 is 1. The standard InChI is InChI=1S/C17H16N4O3S/c1-21-14-8-12-11(7-13(14)20-17(21)22)18-16(19-12)10-5-4-9(25(3)23)6-15(10)24-2/h4-8H,1-3H3,(H,18,19)(H,20,22). The van der Waals surface area contributed by atoms with Gasteiger partial charge in [-0.25, -0.2) is 9.78 Å². The summed E-state index contributed by atoms with van der Waals surface area (Å²) in [6.45, 7) is 0. The fourth-order valence-corrected chi connectivity index (χ4v) is 3.44. The summed E-state index contributed by atoms with van der Waals surface area (Å²) in [7, 11) is 2.20. The third-order valence-electron chi connectivity index (χ3n) is 4.27. The van der Waals surface area contributed by atoms with Crippen molar-refractivity contribution in [3.8, 4) is 17.1 Å². The Morgan fingerprint density at radius 2 is 1.96 bits per heavy atom. The zero-order valence-electron chi connectivity index (χ0n) is 13.9. The van der Waals surface area contributed by atoms with Gasteiger partial charge in [0, 0.05) is 29.0 Å². The average Bonchev–Trinajstić information content (AvgIpc) is 3.13. The van der Waals surface area contributed by atoms with Gasteiger partial charge in [0.15, 0.2) is 0 Å². The molecule has 8 heteroatoms. The maximum atomic E-state index is 11.7. The van der Waals surface area contributed by atoms with Crippen molar-refractivity contribution in [3.05, 3.63) is 40.8 Å². The van der Waals surface area contributed by atoms with E-state index in [4.69, 9.17) is 4.74 Å². The summed E-state index contributed by atoms with van der Waals surface area (Å²) < 4.78 is 18.7. The molecule has 128 valence electrons. The van der Waals surface area contributed by atoms with Crippen LogP contribution in [-0.2, 0) is 17.8 Å². The average molecular weight is 356 g/mol. The Kier molecular flexibility index (Phi) is 3.50. The third kappa shape index (κ3) is 2.45. The molecule has 2 aromatic heterocycles. The number of imidazole rings is 2. The number of hydrogen-bond donors (Lipinski definition) is 2. The van der Waals surface area contributed by atoms with Crippen molar-refractivity contribution >= 4 is 32.9 Å². The number of benzene rings is 2. The van der Waals surface area contributed by atoms with Crippen LogP contribution in [0, 0.1) is 0 Å². The zero-order chi connectivity index (χ0) is 17.7. The fraction of sp³-hybridized carbons (Fsp3) is 0.176. The number of aromatic nitrogens is 4. The second kappa shape index (κ2) is 5.59. The van der Waals surface area contributed by atoms with Crippen LogP contribution >= 0.6 is 0 Å². The molecule has 0 spiro atoms. The largest absolute Gasteiger partial charge is 0.496 e. The maximum Gasteiger partial charge on any atom is 0.326 e. The minimum Gasteiger partial charge on any atom is -0.496 e. The molecule has 2 heterocycles. The van der Waals surface area contributed by atoms with Crippen molar-refractivity contribution in [2.45, 2.75) is 4.90 Å². The smallest absolute Gasteiger partial charge is 0.326 e. The Morgan fingerprint density at radius 1 is 1.16 bits per heavy atom. The summed E-state index contributed by atoms with van der Waals surface area (Å²) in [5, 5.41) is 0. The molecule has 25 heavy (non-hydrogen) atoms. The Bertz CT molecular complexity index is 1200. The second-order valence-corrected chi connectivity index (χ2v) is 7.16. The molecule has 0 saturated heterocycles. The van der Waals surface area contributed by atoms with Gasteiger partial charge in [0.1, 0.15) is 11.6 Å². The number of H-pyrrole nitrogens is 2. The van der Waals surface area contributed by atoms with E-state index >= 15 is 0 Å². The van der Waals surface area contributed by atoms with Gasteiger partial charge in [-0.1, -0.05) is 0 Å². The summed E-state index contributed by atoms with van der Waals surface area (Å²) in [5.74, 6) is 1.25. The highest BCUT2D eigenvalue weighted by Gasteiger charge is 2.14. The lowest BCUT2D eigenvalue weighted by Crippen LogP contribution is -2.11. The van der Waals surface area contributed by atoms with Crippen LogP contribution in [0.25, 0.3) is 33.5 Å². The number of rotatable bonds is 3. The molecule has 1 atom stereocenters. The molecule has 0 aliphatic heterocycles. The van der Waals surface area contributed by atoms with Gasteiger partial charge in [0.05, 0.1) is 34.7 Å². The molecule has 0 bridgehead atoms. The van der Waals surface area contributed by atoms with Crippen molar-refractivity contribution < 1.29 is 8.95 Å². The van der Waals surface area contributed by atoms with E-state index in [1.165, 1.54) is 0 Å². The Hall–Kier alpha value is -2.87. The van der Waals surface area contributed by atoms with E-state index in [1.807, 2.05) is 18.2 Å². The van der Waals surface area contributed by atoms with Crippen LogP contribution in [0.5, 0.6) is 5.75 Å². The van der Waals surface area contributed by atoms with E-state index in [1.54, 1.807) is 37.1 Å². The lowest BCUT2D eigenvalue weighted by molar-refractivity contribution is 0.415. The highest BCUT2D eigenvalue weighted by atomic mass is 32.2. The summed E-state index contributed by atoms with van der Waals surface area (Å²) in [6.07, 6.45) is 1.63. The molecule has 0 radical (unpaired) electrons. The van der Waals surface area contributed by atoms with Gasteiger partial charge < -0.3 is 14.7 Å². The molecular formula is C17H16N4O3S. The van der Waals surface area contributed by atoms with Gasteiger partial charge in [-0.15, -0.1) is 0 Å². The molecule has 0 aliphatic rings. The number of ether oxygens (including phenoxy) is 1. The lowest BCUT2D eigenvalue weighted by Gasteiger charge is -2.07. The Morgan fingerprint density at radius 3 is 2.68 bits per heavy atom. The van der Waals surface area contributed by atoms with E-state index in [2.05, 4.69) is 15.0 Å². The molecule has 4 rings (SSSR count). The highest BCUT2D eigenvalue weighted by molar-refractivity contribution is 7.84. The molecule has 0 saturated carbocycles. The zero-order valence-corrected chi connectivity index (χ0v) is 14.7. The number of fused-ring (bicyclic) bond motifs is 2. The van der Waals surface area contributed by atoms with Gasteiger partial charge >= 0.3 is 5.69 Å². The minimum absolute atomic E-state index is 0.160. The van der Waals surface area contributed by atoms with Crippen molar-refractivity contribution in [1.82, 2.24) is 19.5 Å². The van der Waals surface area contributed by atoms with E-state index < -0.39 is 10.8 Å². The van der Waals surface area contributed by atoms with Crippen molar-refractivity contribution in [2.24, 2.45) is 7.05 Å². The van der Waals surface area contributed by atoms with E-state index in [0.29, 0.717) is 16.5 Å². The van der Waals surface area contributed by atoms with Crippen LogP contribution in [0.3, 0.4) is 0 Å². The monoisotopic (exact) mass is 356 g/mol. The van der Waals surface area contributed by atoms with Gasteiger partial charge in [0.2, 0.25) is 0 Å². The molecule has 0 fully saturated rings. The van der Waals surface area contributed by atoms with Crippen LogP contribution in [0.4, 0.5) is 0 Å². The van der Waals surface area contributed by atoms with Crippen LogP contribution < -0.4 is 10.4 Å². The van der Waals surface area contributed by atoms with E-state index in [9.17, 15) is 9.00 Å². The van der Waals surface area contributed by atoms with Gasteiger partial charge in [-0.3, -0.25) is 8.78 Å². The Balaban J connectivity index is 1.91. The first kappa shape index (κ1) is 15.6. The van der Waals surface area contributed by atoms with E-state index in [-0.39, 0.29) is 5.69 Å². The fourth-order valence-electron chi connectivity index (χ4n) is 2.91. The summed E-state index contributed by atoms with van der Waals surface area (Å²) in [6, 6.07) is 9.13. The van der Waals surface area contributed by atoms with Gasteiger partial charge in [-0.05, 0) is 30.3 Å². The topological polar surface area (TPSA) is 92.8 Å². The molecule has 7 nitrogen and oxygen atoms in total. The highest BCUT2D eigenvalue weighted by Crippen LogP contribution is 2.31. The number of aromatic amines is 2. The summed E-state index contributed by atoms with van der Waals surface area (Å²) >= 11 is 0. The predicted octanol–water partition coefficient (Wildman–Crippen LogP) is 2.16. The van der Waals surface area contributed by atoms with Crippen LogP contribution in [0.15, 0.2) is 40.0 Å². The van der Waals surface area contributed by atoms with Crippen molar-refractivity contribution in [2.75, 3.05) is 13.4 Å². The van der Waals surface area contributed by atoms with Crippen LogP contribution in [-0.4, -0.2) is 37.1 Å². The lowest BCUT2D eigenvalue weighted by atomic mass is 10.2. The molecule has 2 N–H and O–H groups in total. The summed E-state index contributed by atoms with van der Waals surface area (Å²) in [4.78, 5) is 23.1. The molecule has 4 aromatic rings. The third-order valence-corrected chi connectivity index (χ3v) is 5.18. The Labute approximate surface area is 145 Å². The molecular weight excluding hydrogens is 340 g/mol. The number of nitrogens with one attached hydrogen (secondary N) is 2. The van der Waals surface area contributed by atoms with Crippen LogP contribution in [0.1, 0.15) is 0 Å². The van der Waals surface area contributed by atoms with Gasteiger partial charge in [-0.2, -0.15) is 0 Å². The van der Waals surface area contributed by atoms with Crippen molar-refractivity contribution in [3.63, 3.8) is 0 Å². The van der Waals surface area contributed by atoms with Gasteiger partial charge in [0.25, 0.3) is 0 Å². The molecule has 0 aliphatic carbocycles. The first-order chi connectivity index (χ1) is 12.0. The first-order valence-corrected chi connectivity index (χ1v) is 9.14.